The lowest BCUT2D eigenvalue weighted by atomic mass is 10.1. The van der Waals surface area contributed by atoms with Gasteiger partial charge in [-0.3, -0.25) is 9.59 Å². The zero-order valence-electron chi connectivity index (χ0n) is 11.3. The van der Waals surface area contributed by atoms with Gasteiger partial charge in [0.05, 0.1) is 0 Å². The normalized spacial score (nSPS) is 15.6. The van der Waals surface area contributed by atoms with Crippen molar-refractivity contribution in [1.29, 1.82) is 0 Å². The Kier molecular flexibility index (Phi) is 3.79. The van der Waals surface area contributed by atoms with Gasteiger partial charge in [-0.05, 0) is 18.4 Å². The molecule has 6 heteroatoms. The third-order valence-corrected chi connectivity index (χ3v) is 4.58. The van der Waals surface area contributed by atoms with Gasteiger partial charge in [0.1, 0.15) is 5.25 Å². The Bertz CT molecular complexity index is 710. The monoisotopic (exact) mass is 301 g/mol. The zero-order valence-corrected chi connectivity index (χ0v) is 12.1. The maximum absolute atomic E-state index is 11.8. The summed E-state index contributed by atoms with van der Waals surface area (Å²) in [5, 5.41) is 0.00292. The maximum atomic E-state index is 11.8. The van der Waals surface area contributed by atoms with Gasteiger partial charge in [-0.1, -0.05) is 42.1 Å². The molecule has 0 aliphatic heterocycles. The number of hydrogen-bond acceptors (Lipinski definition) is 4. The number of rotatable bonds is 5. The van der Waals surface area contributed by atoms with Gasteiger partial charge in [-0.2, -0.15) is 4.98 Å². The topological polar surface area (TPSA) is 78.0 Å². The number of thioether (sulfide) groups is 1. The first-order chi connectivity index (χ1) is 10.1. The predicted octanol–water partition coefficient (Wildman–Crippen LogP) is 1.90. The van der Waals surface area contributed by atoms with Crippen LogP contribution in [-0.4, -0.2) is 15.5 Å². The highest BCUT2D eigenvalue weighted by atomic mass is 32.2. The van der Waals surface area contributed by atoms with Gasteiger partial charge in [0.15, 0.2) is 5.16 Å². The van der Waals surface area contributed by atoms with E-state index in [1.165, 1.54) is 17.8 Å². The van der Waals surface area contributed by atoms with Gasteiger partial charge in [0, 0.05) is 18.3 Å². The Morgan fingerprint density at radius 2 is 2.00 bits per heavy atom. The Morgan fingerprint density at radius 3 is 2.62 bits per heavy atom. The molecule has 0 bridgehead atoms. The molecule has 2 aromatic rings. The third-order valence-electron chi connectivity index (χ3n) is 3.33. The van der Waals surface area contributed by atoms with Crippen LogP contribution in [0.3, 0.4) is 0 Å². The molecule has 0 saturated heterocycles. The van der Waals surface area contributed by atoms with Crippen molar-refractivity contribution in [2.45, 2.75) is 29.3 Å². The third kappa shape index (κ3) is 3.16. The summed E-state index contributed by atoms with van der Waals surface area (Å²) >= 11 is 1.24. The smallest absolute Gasteiger partial charge is 0.273 e. The van der Waals surface area contributed by atoms with E-state index in [4.69, 9.17) is 5.73 Å². The van der Waals surface area contributed by atoms with Crippen LogP contribution < -0.4 is 11.3 Å². The van der Waals surface area contributed by atoms with Crippen LogP contribution in [0.4, 0.5) is 0 Å². The molecule has 108 valence electrons. The average Bonchev–Trinajstić information content (AvgIpc) is 3.30. The molecule has 0 radical (unpaired) electrons. The summed E-state index contributed by atoms with van der Waals surface area (Å²) in [6.45, 7) is 0. The van der Waals surface area contributed by atoms with Crippen molar-refractivity contribution in [1.82, 2.24) is 9.55 Å². The van der Waals surface area contributed by atoms with Gasteiger partial charge in [0.2, 0.25) is 5.91 Å². The summed E-state index contributed by atoms with van der Waals surface area (Å²) in [6.07, 6.45) is 3.90. The SMILES string of the molecule is NC(=O)[C@H](Sc1nc(=O)ccn1C1CC1)c1ccccc1. The van der Waals surface area contributed by atoms with Crippen molar-refractivity contribution in [3.63, 3.8) is 0 Å². The number of nitrogens with zero attached hydrogens (tertiary/aromatic N) is 2. The van der Waals surface area contributed by atoms with Gasteiger partial charge < -0.3 is 10.3 Å². The lowest BCUT2D eigenvalue weighted by Gasteiger charge is -2.16. The van der Waals surface area contributed by atoms with E-state index in [1.54, 1.807) is 6.20 Å². The van der Waals surface area contributed by atoms with Crippen molar-refractivity contribution in [3.8, 4) is 0 Å². The van der Waals surface area contributed by atoms with E-state index in [2.05, 4.69) is 4.98 Å². The van der Waals surface area contributed by atoms with Crippen molar-refractivity contribution in [3.05, 3.63) is 58.5 Å². The molecule has 0 unspecified atom stereocenters. The molecule has 1 saturated carbocycles. The minimum atomic E-state index is -0.550. The second-order valence-electron chi connectivity index (χ2n) is 5.00. The Labute approximate surface area is 126 Å². The van der Waals surface area contributed by atoms with Crippen molar-refractivity contribution in [2.24, 2.45) is 5.73 Å². The second kappa shape index (κ2) is 5.73. The fraction of sp³-hybridized carbons (Fsp3) is 0.267. The molecule has 1 aliphatic rings. The minimum Gasteiger partial charge on any atom is -0.368 e. The van der Waals surface area contributed by atoms with Crippen molar-refractivity contribution < 1.29 is 4.79 Å². The van der Waals surface area contributed by atoms with E-state index in [0.29, 0.717) is 11.2 Å². The highest BCUT2D eigenvalue weighted by Gasteiger charge is 2.28. The van der Waals surface area contributed by atoms with Crippen LogP contribution in [0.2, 0.25) is 0 Å². The lowest BCUT2D eigenvalue weighted by Crippen LogP contribution is -2.21. The minimum absolute atomic E-state index is 0.300. The number of benzene rings is 1. The zero-order chi connectivity index (χ0) is 14.8. The molecule has 0 spiro atoms. The van der Waals surface area contributed by atoms with Crippen LogP contribution >= 0.6 is 11.8 Å². The van der Waals surface area contributed by atoms with E-state index < -0.39 is 11.2 Å². The number of nitrogens with two attached hydrogens (primary N) is 1. The van der Waals surface area contributed by atoms with E-state index in [0.717, 1.165) is 18.4 Å². The molecule has 3 rings (SSSR count). The van der Waals surface area contributed by atoms with Gasteiger partial charge in [-0.15, -0.1) is 0 Å². The standard InChI is InChI=1S/C15H15N3O2S/c16-14(20)13(10-4-2-1-3-5-10)21-15-17-12(19)8-9-18(15)11-6-7-11/h1-5,8-9,11,13H,6-7H2,(H2,16,20)/t13-/m1/s1. The van der Waals surface area contributed by atoms with Crippen molar-refractivity contribution in [2.75, 3.05) is 0 Å². The molecule has 1 atom stereocenters. The molecule has 1 fully saturated rings. The van der Waals surface area contributed by atoms with Crippen LogP contribution in [0.5, 0.6) is 0 Å². The summed E-state index contributed by atoms with van der Waals surface area (Å²) in [5.41, 5.74) is 6.04. The Hall–Kier alpha value is -2.08. The van der Waals surface area contributed by atoms with Crippen LogP contribution in [0.15, 0.2) is 52.5 Å². The Morgan fingerprint density at radius 1 is 1.29 bits per heavy atom. The molecule has 1 aromatic carbocycles. The summed E-state index contributed by atoms with van der Waals surface area (Å²) in [4.78, 5) is 27.3. The highest BCUT2D eigenvalue weighted by Crippen LogP contribution is 2.40. The first-order valence-electron chi connectivity index (χ1n) is 6.75. The summed E-state index contributed by atoms with van der Waals surface area (Å²) in [7, 11) is 0. The lowest BCUT2D eigenvalue weighted by molar-refractivity contribution is -0.117. The number of amides is 1. The van der Waals surface area contributed by atoms with Crippen LogP contribution in [0.25, 0.3) is 0 Å². The molecule has 21 heavy (non-hydrogen) atoms. The van der Waals surface area contributed by atoms with Crippen LogP contribution in [0.1, 0.15) is 29.7 Å². The fourth-order valence-corrected chi connectivity index (χ4v) is 3.23. The molecule has 1 aromatic heterocycles. The molecular weight excluding hydrogens is 286 g/mol. The van der Waals surface area contributed by atoms with E-state index >= 15 is 0 Å². The van der Waals surface area contributed by atoms with Crippen LogP contribution in [-0.2, 0) is 4.79 Å². The van der Waals surface area contributed by atoms with Crippen LogP contribution in [0, 0.1) is 0 Å². The second-order valence-corrected chi connectivity index (χ2v) is 6.07. The number of aromatic nitrogens is 2. The number of carbonyl (C=O) groups excluding carboxylic acids is 1. The number of hydrogen-bond donors (Lipinski definition) is 1. The number of primary amides is 1. The van der Waals surface area contributed by atoms with Crippen molar-refractivity contribution >= 4 is 17.7 Å². The summed E-state index contributed by atoms with van der Waals surface area (Å²) in [5.74, 6) is -0.438. The molecule has 1 heterocycles. The quantitative estimate of drug-likeness (QED) is 0.676. The molecular formula is C15H15N3O2S. The van der Waals surface area contributed by atoms with Gasteiger partial charge >= 0.3 is 0 Å². The molecule has 1 amide bonds. The largest absolute Gasteiger partial charge is 0.368 e. The summed E-state index contributed by atoms with van der Waals surface area (Å²) in [6, 6.07) is 11.1. The Balaban J connectivity index is 1.95. The first-order valence-corrected chi connectivity index (χ1v) is 7.63. The predicted molar refractivity (Wildman–Crippen MR) is 81.0 cm³/mol. The van der Waals surface area contributed by atoms with Gasteiger partial charge in [-0.25, -0.2) is 0 Å². The summed E-state index contributed by atoms with van der Waals surface area (Å²) < 4.78 is 1.96. The van der Waals surface area contributed by atoms with E-state index in [9.17, 15) is 9.59 Å². The van der Waals surface area contributed by atoms with E-state index in [1.807, 2.05) is 34.9 Å². The molecule has 2 N–H and O–H groups in total. The molecule has 5 nitrogen and oxygen atoms in total. The van der Waals surface area contributed by atoms with Gasteiger partial charge in [0.25, 0.3) is 5.56 Å². The molecule has 1 aliphatic carbocycles. The number of carbonyl (C=O) groups is 1. The highest BCUT2D eigenvalue weighted by molar-refractivity contribution is 8.00. The average molecular weight is 301 g/mol. The fourth-order valence-electron chi connectivity index (χ4n) is 2.14. The maximum Gasteiger partial charge on any atom is 0.273 e. The first kappa shape index (κ1) is 13.9. The van der Waals surface area contributed by atoms with E-state index in [-0.39, 0.29) is 5.56 Å².